The summed E-state index contributed by atoms with van der Waals surface area (Å²) in [6.07, 6.45) is 3.19. The second-order valence-corrected chi connectivity index (χ2v) is 12.3. The lowest BCUT2D eigenvalue weighted by Gasteiger charge is -2.18. The van der Waals surface area contributed by atoms with E-state index < -0.39 is 11.6 Å². The molecule has 2 aromatic heterocycles. The molecule has 0 spiro atoms. The highest BCUT2D eigenvalue weighted by atomic mass is 16.6. The van der Waals surface area contributed by atoms with Crippen molar-refractivity contribution in [2.75, 3.05) is 12.4 Å². The van der Waals surface area contributed by atoms with E-state index in [9.17, 15) is 10.1 Å². The van der Waals surface area contributed by atoms with Crippen LogP contribution in [-0.4, -0.2) is 33.4 Å². The molecule has 0 amide bonds. The van der Waals surface area contributed by atoms with Gasteiger partial charge in [0.2, 0.25) is 0 Å². The zero-order valence-corrected chi connectivity index (χ0v) is 28.1. The number of ether oxygens (including phenoxy) is 4. The molecule has 50 heavy (non-hydrogen) atoms. The van der Waals surface area contributed by atoms with Gasteiger partial charge in [0, 0.05) is 18.0 Å². The Morgan fingerprint density at radius 3 is 2.22 bits per heavy atom. The van der Waals surface area contributed by atoms with Gasteiger partial charge in [0.1, 0.15) is 51.4 Å². The van der Waals surface area contributed by atoms with Gasteiger partial charge >= 0.3 is 5.97 Å². The van der Waals surface area contributed by atoms with Crippen LogP contribution in [0, 0.1) is 11.3 Å². The van der Waals surface area contributed by atoms with Crippen LogP contribution in [0.1, 0.15) is 31.9 Å². The number of hydrogen-bond donors (Lipinski definition) is 1. The van der Waals surface area contributed by atoms with Crippen molar-refractivity contribution in [1.82, 2.24) is 14.8 Å². The molecule has 6 aromatic rings. The summed E-state index contributed by atoms with van der Waals surface area (Å²) in [7, 11) is 1.63. The fourth-order valence-corrected chi connectivity index (χ4v) is 5.06. The Balaban J connectivity index is 1.33. The van der Waals surface area contributed by atoms with Gasteiger partial charge in [0.25, 0.3) is 0 Å². The second kappa shape index (κ2) is 14.7. The Morgan fingerprint density at radius 2 is 1.54 bits per heavy atom. The molecule has 0 bridgehead atoms. The standard InChI is InChI=1S/C40H35N5O5/c1-40(2,3)50-39(46)29(25-41)23-28-9-8-10-30(24-28)43-37-36-35(49-34-19-17-33(18-20-34)48-32-11-6-5-7-12-32)21-22-42-38(36)45(44-37)26-27-13-15-31(47-4)16-14-27/h5-24H,26H2,1-4H3,(H,43,44). The Bertz CT molecular complexity index is 2180. The third-order valence-corrected chi connectivity index (χ3v) is 7.32. The quantitative estimate of drug-likeness (QED) is 0.0821. The maximum Gasteiger partial charge on any atom is 0.349 e. The van der Waals surface area contributed by atoms with Crippen LogP contribution < -0.4 is 19.5 Å². The summed E-state index contributed by atoms with van der Waals surface area (Å²) in [5, 5.41) is 18.7. The van der Waals surface area contributed by atoms with Crippen molar-refractivity contribution in [1.29, 1.82) is 5.26 Å². The number of carbonyl (C=O) groups is 1. The minimum absolute atomic E-state index is 0.105. The number of para-hydroxylation sites is 1. The SMILES string of the molecule is COc1ccc(Cn2nc(Nc3cccc(C=C(C#N)C(=O)OC(C)(C)C)c3)c3c(Oc4ccc(Oc5ccccc5)cc4)ccnc32)cc1. The van der Waals surface area contributed by atoms with Gasteiger partial charge in [0.15, 0.2) is 11.5 Å². The molecule has 0 aliphatic carbocycles. The molecule has 2 heterocycles. The van der Waals surface area contributed by atoms with Crippen LogP contribution in [0.5, 0.6) is 28.7 Å². The minimum Gasteiger partial charge on any atom is -0.497 e. The first-order valence-corrected chi connectivity index (χ1v) is 15.9. The average molecular weight is 666 g/mol. The number of benzene rings is 4. The topological polar surface area (TPSA) is 121 Å². The molecule has 0 atom stereocenters. The van der Waals surface area contributed by atoms with Crippen molar-refractivity contribution in [3.63, 3.8) is 0 Å². The number of nitrogens with one attached hydrogen (secondary N) is 1. The largest absolute Gasteiger partial charge is 0.497 e. The number of rotatable bonds is 11. The van der Waals surface area contributed by atoms with E-state index in [-0.39, 0.29) is 5.57 Å². The van der Waals surface area contributed by atoms with Gasteiger partial charge in [-0.05, 0) is 98.6 Å². The number of methoxy groups -OCH3 is 1. The number of anilines is 2. The van der Waals surface area contributed by atoms with Crippen LogP contribution in [0.3, 0.4) is 0 Å². The van der Waals surface area contributed by atoms with Crippen LogP contribution in [0.25, 0.3) is 17.1 Å². The summed E-state index contributed by atoms with van der Waals surface area (Å²) >= 11 is 0. The number of nitrogens with zero attached hydrogens (tertiary/aromatic N) is 4. The smallest absolute Gasteiger partial charge is 0.349 e. The molecule has 250 valence electrons. The molecular weight excluding hydrogens is 630 g/mol. The predicted molar refractivity (Wildman–Crippen MR) is 192 cm³/mol. The van der Waals surface area contributed by atoms with Gasteiger partial charge in [-0.1, -0.05) is 42.5 Å². The lowest BCUT2D eigenvalue weighted by Crippen LogP contribution is -2.24. The predicted octanol–water partition coefficient (Wildman–Crippen LogP) is 9.07. The number of carbonyl (C=O) groups excluding carboxylic acids is 1. The molecule has 10 heteroatoms. The molecule has 4 aromatic carbocycles. The van der Waals surface area contributed by atoms with Gasteiger partial charge in [0.05, 0.1) is 13.7 Å². The zero-order valence-electron chi connectivity index (χ0n) is 28.1. The summed E-state index contributed by atoms with van der Waals surface area (Å²) < 4.78 is 24.9. The van der Waals surface area contributed by atoms with Gasteiger partial charge in [-0.2, -0.15) is 10.4 Å². The Hall–Kier alpha value is -6.60. The molecule has 0 radical (unpaired) electrons. The van der Waals surface area contributed by atoms with E-state index in [0.29, 0.717) is 51.9 Å². The summed E-state index contributed by atoms with van der Waals surface area (Å²) in [5.74, 6) is 3.15. The Morgan fingerprint density at radius 1 is 0.860 bits per heavy atom. The summed E-state index contributed by atoms with van der Waals surface area (Å²) in [6, 6.07) is 35.8. The highest BCUT2D eigenvalue weighted by Gasteiger charge is 2.21. The normalized spacial score (nSPS) is 11.5. The van der Waals surface area contributed by atoms with E-state index in [2.05, 4.69) is 5.32 Å². The first-order valence-electron chi connectivity index (χ1n) is 15.9. The van der Waals surface area contributed by atoms with Gasteiger partial charge in [-0.25, -0.2) is 14.5 Å². The molecule has 0 aliphatic heterocycles. The van der Waals surface area contributed by atoms with E-state index in [4.69, 9.17) is 29.0 Å². The molecule has 0 fully saturated rings. The Labute approximate surface area is 290 Å². The number of aromatic nitrogens is 3. The molecule has 0 saturated heterocycles. The van der Waals surface area contributed by atoms with Crippen molar-refractivity contribution in [3.8, 4) is 34.8 Å². The summed E-state index contributed by atoms with van der Waals surface area (Å²) in [4.78, 5) is 17.3. The molecule has 6 rings (SSSR count). The number of nitriles is 1. The van der Waals surface area contributed by atoms with E-state index in [1.807, 2.05) is 108 Å². The van der Waals surface area contributed by atoms with Crippen LogP contribution in [-0.2, 0) is 16.1 Å². The van der Waals surface area contributed by atoms with E-state index in [1.165, 1.54) is 6.08 Å². The number of hydrogen-bond acceptors (Lipinski definition) is 9. The van der Waals surface area contributed by atoms with Gasteiger partial charge in [-0.3, -0.25) is 0 Å². The van der Waals surface area contributed by atoms with Gasteiger partial charge in [-0.15, -0.1) is 0 Å². The first kappa shape index (κ1) is 33.3. The minimum atomic E-state index is -0.728. The van der Waals surface area contributed by atoms with E-state index in [0.717, 1.165) is 17.1 Å². The van der Waals surface area contributed by atoms with E-state index in [1.54, 1.807) is 46.2 Å². The Kier molecular flexibility index (Phi) is 9.77. The molecule has 0 aliphatic rings. The fourth-order valence-electron chi connectivity index (χ4n) is 5.06. The first-order chi connectivity index (χ1) is 24.2. The van der Waals surface area contributed by atoms with Crippen molar-refractivity contribution < 1.29 is 23.7 Å². The van der Waals surface area contributed by atoms with Crippen LogP contribution in [0.2, 0.25) is 0 Å². The highest BCUT2D eigenvalue weighted by molar-refractivity contribution is 5.98. The maximum atomic E-state index is 12.6. The molecular formula is C40H35N5O5. The molecule has 0 saturated carbocycles. The number of pyridine rings is 1. The summed E-state index contributed by atoms with van der Waals surface area (Å²) in [5.41, 5.74) is 2.08. The maximum absolute atomic E-state index is 12.6. The average Bonchev–Trinajstić information content (AvgIpc) is 3.45. The zero-order chi connectivity index (χ0) is 35.1. The van der Waals surface area contributed by atoms with Crippen LogP contribution in [0.4, 0.5) is 11.5 Å². The number of fused-ring (bicyclic) bond motifs is 1. The van der Waals surface area contributed by atoms with Crippen molar-refractivity contribution in [2.45, 2.75) is 32.9 Å². The fraction of sp³-hybridized carbons (Fsp3) is 0.150. The van der Waals surface area contributed by atoms with Crippen LogP contribution >= 0.6 is 0 Å². The molecule has 1 N–H and O–H groups in total. The van der Waals surface area contributed by atoms with Crippen molar-refractivity contribution in [3.05, 3.63) is 132 Å². The molecule has 10 nitrogen and oxygen atoms in total. The molecule has 0 unspecified atom stereocenters. The monoisotopic (exact) mass is 665 g/mol. The van der Waals surface area contributed by atoms with Crippen molar-refractivity contribution in [2.24, 2.45) is 0 Å². The highest BCUT2D eigenvalue weighted by Crippen LogP contribution is 2.36. The third kappa shape index (κ3) is 8.27. The van der Waals surface area contributed by atoms with E-state index >= 15 is 0 Å². The second-order valence-electron chi connectivity index (χ2n) is 12.3. The van der Waals surface area contributed by atoms with Gasteiger partial charge < -0.3 is 24.3 Å². The van der Waals surface area contributed by atoms with Crippen molar-refractivity contribution >= 4 is 34.6 Å². The summed E-state index contributed by atoms with van der Waals surface area (Å²) in [6.45, 7) is 5.70. The lowest BCUT2D eigenvalue weighted by molar-refractivity contribution is -0.149. The number of esters is 1. The van der Waals surface area contributed by atoms with Crippen LogP contribution in [0.15, 0.2) is 121 Å². The lowest BCUT2D eigenvalue weighted by atomic mass is 10.1. The third-order valence-electron chi connectivity index (χ3n) is 7.32.